The van der Waals surface area contributed by atoms with Crippen LogP contribution >= 0.6 is 23.4 Å². The van der Waals surface area contributed by atoms with Crippen molar-refractivity contribution in [1.29, 1.82) is 0 Å². The molecular weight excluding hydrogens is 384 g/mol. The van der Waals surface area contributed by atoms with Crippen LogP contribution < -0.4 is 5.32 Å². The molecule has 3 rings (SSSR count). The molecule has 7 heteroatoms. The molecule has 1 N–H and O–H groups in total. The van der Waals surface area contributed by atoms with Crippen LogP contribution in [0.3, 0.4) is 0 Å². The van der Waals surface area contributed by atoms with Crippen molar-refractivity contribution in [3.63, 3.8) is 0 Å². The summed E-state index contributed by atoms with van der Waals surface area (Å²) < 4.78 is 0. The van der Waals surface area contributed by atoms with Gasteiger partial charge < -0.3 is 5.32 Å². The van der Waals surface area contributed by atoms with E-state index in [1.165, 1.54) is 23.9 Å². The minimum atomic E-state index is -0.426. The zero-order valence-electron chi connectivity index (χ0n) is 14.1. The zero-order valence-corrected chi connectivity index (χ0v) is 15.7. The van der Waals surface area contributed by atoms with Crippen molar-refractivity contribution in [1.82, 2.24) is 0 Å². The molecule has 0 radical (unpaired) electrons. The lowest BCUT2D eigenvalue weighted by atomic mass is 10.1. The predicted molar refractivity (Wildman–Crippen MR) is 109 cm³/mol. The van der Waals surface area contributed by atoms with E-state index in [0.29, 0.717) is 16.5 Å². The Bertz CT molecular complexity index is 942. The van der Waals surface area contributed by atoms with Gasteiger partial charge in [0.05, 0.1) is 10.7 Å². The Morgan fingerprint density at radius 1 is 0.926 bits per heavy atom. The first kappa shape index (κ1) is 18.9. The molecule has 5 nitrogen and oxygen atoms in total. The highest BCUT2D eigenvalue weighted by atomic mass is 35.5. The molecule has 0 saturated heterocycles. The smallest absolute Gasteiger partial charge is 0.269 e. The lowest BCUT2D eigenvalue weighted by Gasteiger charge is -2.07. The highest BCUT2D eigenvalue weighted by molar-refractivity contribution is 8.00. The zero-order chi connectivity index (χ0) is 19.2. The minimum absolute atomic E-state index is 0.0563. The van der Waals surface area contributed by atoms with Crippen molar-refractivity contribution >= 4 is 40.6 Å². The molecule has 0 unspecified atom stereocenters. The number of nitro benzene ring substituents is 1. The molecule has 0 aliphatic carbocycles. The van der Waals surface area contributed by atoms with Crippen LogP contribution in [-0.2, 0) is 4.79 Å². The summed E-state index contributed by atoms with van der Waals surface area (Å²) >= 11 is 7.28. The first-order valence-corrected chi connectivity index (χ1v) is 9.41. The number of anilines is 1. The van der Waals surface area contributed by atoms with Gasteiger partial charge in [0.1, 0.15) is 0 Å². The Morgan fingerprint density at radius 2 is 1.48 bits per heavy atom. The Labute approximate surface area is 165 Å². The van der Waals surface area contributed by atoms with Crippen LogP contribution in [0.4, 0.5) is 11.4 Å². The fraction of sp³-hybridized carbons (Fsp3) is 0.0500. The highest BCUT2D eigenvalue weighted by Gasteiger charge is 2.07. The largest absolute Gasteiger partial charge is 0.325 e. The summed E-state index contributed by atoms with van der Waals surface area (Å²) in [4.78, 5) is 23.3. The third-order valence-corrected chi connectivity index (χ3v) is 5.03. The second-order valence-corrected chi connectivity index (χ2v) is 7.16. The minimum Gasteiger partial charge on any atom is -0.325 e. The molecule has 0 fully saturated rings. The monoisotopic (exact) mass is 398 g/mol. The van der Waals surface area contributed by atoms with Crippen molar-refractivity contribution in [2.24, 2.45) is 0 Å². The molecule has 27 heavy (non-hydrogen) atoms. The normalized spacial score (nSPS) is 10.4. The summed E-state index contributed by atoms with van der Waals surface area (Å²) in [5.41, 5.74) is 2.54. The third-order valence-electron chi connectivity index (χ3n) is 3.76. The van der Waals surface area contributed by atoms with Crippen LogP contribution in [0.25, 0.3) is 11.1 Å². The molecule has 0 spiro atoms. The van der Waals surface area contributed by atoms with Crippen molar-refractivity contribution in [2.45, 2.75) is 4.90 Å². The number of halogens is 1. The second kappa shape index (κ2) is 8.70. The molecule has 3 aromatic carbocycles. The summed E-state index contributed by atoms with van der Waals surface area (Å²) in [6.07, 6.45) is 0. The van der Waals surface area contributed by atoms with Crippen LogP contribution in [0.2, 0.25) is 5.02 Å². The average molecular weight is 399 g/mol. The van der Waals surface area contributed by atoms with Crippen LogP contribution in [0.5, 0.6) is 0 Å². The summed E-state index contributed by atoms with van der Waals surface area (Å²) in [5, 5.41) is 14.2. The number of nitrogens with one attached hydrogen (secondary N) is 1. The summed E-state index contributed by atoms with van der Waals surface area (Å²) in [6.45, 7) is 0. The fourth-order valence-electron chi connectivity index (χ4n) is 2.40. The number of benzene rings is 3. The molecule has 0 atom stereocenters. The van der Waals surface area contributed by atoms with E-state index >= 15 is 0 Å². The topological polar surface area (TPSA) is 72.2 Å². The molecule has 3 aromatic rings. The fourth-order valence-corrected chi connectivity index (χ4v) is 3.22. The Morgan fingerprint density at radius 3 is 2.04 bits per heavy atom. The number of nitro groups is 1. The van der Waals surface area contributed by atoms with Crippen molar-refractivity contribution in [3.8, 4) is 11.1 Å². The number of non-ortho nitro benzene ring substituents is 1. The van der Waals surface area contributed by atoms with Crippen LogP contribution in [-0.4, -0.2) is 16.6 Å². The van der Waals surface area contributed by atoms with Crippen molar-refractivity contribution < 1.29 is 9.72 Å². The molecule has 1 amide bonds. The van der Waals surface area contributed by atoms with E-state index in [-0.39, 0.29) is 11.6 Å². The maximum Gasteiger partial charge on any atom is 0.269 e. The Balaban J connectivity index is 1.57. The number of nitrogens with zero attached hydrogens (tertiary/aromatic N) is 1. The van der Waals surface area contributed by atoms with E-state index in [1.807, 2.05) is 36.4 Å². The number of rotatable bonds is 6. The lowest BCUT2D eigenvalue weighted by molar-refractivity contribution is -0.384. The molecule has 0 aliphatic rings. The van der Waals surface area contributed by atoms with Crippen LogP contribution in [0.15, 0.2) is 77.7 Å². The molecule has 0 saturated carbocycles. The second-order valence-electron chi connectivity index (χ2n) is 5.67. The lowest BCUT2D eigenvalue weighted by Crippen LogP contribution is -2.13. The summed E-state index contributed by atoms with van der Waals surface area (Å²) in [7, 11) is 0. The summed E-state index contributed by atoms with van der Waals surface area (Å²) in [6, 6.07) is 21.0. The number of amides is 1. The van der Waals surface area contributed by atoms with Gasteiger partial charge >= 0.3 is 0 Å². The maximum atomic E-state index is 12.1. The highest BCUT2D eigenvalue weighted by Crippen LogP contribution is 2.24. The van der Waals surface area contributed by atoms with Gasteiger partial charge in [-0.3, -0.25) is 14.9 Å². The van der Waals surface area contributed by atoms with Gasteiger partial charge in [-0.2, -0.15) is 0 Å². The first-order chi connectivity index (χ1) is 13.0. The van der Waals surface area contributed by atoms with Crippen molar-refractivity contribution in [2.75, 3.05) is 11.1 Å². The molecule has 0 aliphatic heterocycles. The van der Waals surface area contributed by atoms with E-state index in [0.717, 1.165) is 16.0 Å². The van der Waals surface area contributed by atoms with Crippen LogP contribution in [0, 0.1) is 10.1 Å². The van der Waals surface area contributed by atoms with E-state index in [2.05, 4.69) is 5.32 Å². The van der Waals surface area contributed by atoms with Crippen LogP contribution in [0.1, 0.15) is 0 Å². The molecule has 0 heterocycles. The number of hydrogen-bond acceptors (Lipinski definition) is 4. The standard InChI is InChI=1S/C20H15ClN2O3S/c21-16-5-11-19(12-6-16)27-13-20(24)22-17-7-1-14(2-8-17)15-3-9-18(10-4-15)23(25)26/h1-12H,13H2,(H,22,24). The van der Waals surface area contributed by atoms with Crippen molar-refractivity contribution in [3.05, 3.63) is 87.9 Å². The maximum absolute atomic E-state index is 12.1. The van der Waals surface area contributed by atoms with Gasteiger partial charge in [0.2, 0.25) is 5.91 Å². The Hall–Kier alpha value is -2.83. The van der Waals surface area contributed by atoms with Gasteiger partial charge in [0.25, 0.3) is 5.69 Å². The van der Waals surface area contributed by atoms with Gasteiger partial charge in [-0.05, 0) is 59.7 Å². The van der Waals surface area contributed by atoms with E-state index in [9.17, 15) is 14.9 Å². The SMILES string of the molecule is O=C(CSc1ccc(Cl)cc1)Nc1ccc(-c2ccc([N+](=O)[O-])cc2)cc1. The van der Waals surface area contributed by atoms with E-state index < -0.39 is 4.92 Å². The molecular formula is C20H15ClN2O3S. The van der Waals surface area contributed by atoms with Gasteiger partial charge in [-0.25, -0.2) is 0 Å². The summed E-state index contributed by atoms with van der Waals surface area (Å²) in [5.74, 6) is 0.198. The number of carbonyl (C=O) groups excluding carboxylic acids is 1. The number of hydrogen-bond donors (Lipinski definition) is 1. The quantitative estimate of drug-likeness (QED) is 0.331. The van der Waals surface area contributed by atoms with E-state index in [4.69, 9.17) is 11.6 Å². The first-order valence-electron chi connectivity index (χ1n) is 8.04. The van der Waals surface area contributed by atoms with Gasteiger partial charge in [0.15, 0.2) is 0 Å². The van der Waals surface area contributed by atoms with E-state index in [1.54, 1.807) is 24.3 Å². The molecule has 136 valence electrons. The van der Waals surface area contributed by atoms with Gasteiger partial charge in [0, 0.05) is 27.7 Å². The molecule has 0 aromatic heterocycles. The van der Waals surface area contributed by atoms with Gasteiger partial charge in [-0.15, -0.1) is 11.8 Å². The number of carbonyl (C=O) groups is 1. The van der Waals surface area contributed by atoms with Gasteiger partial charge in [-0.1, -0.05) is 23.7 Å². The number of thioether (sulfide) groups is 1. The average Bonchev–Trinajstić information content (AvgIpc) is 2.68. The third kappa shape index (κ3) is 5.32. The molecule has 0 bridgehead atoms. The Kier molecular flexibility index (Phi) is 6.11. The predicted octanol–water partition coefficient (Wildman–Crippen LogP) is 5.65.